The van der Waals surface area contributed by atoms with E-state index in [-0.39, 0.29) is 10.7 Å². The van der Waals surface area contributed by atoms with Crippen LogP contribution in [0.15, 0.2) is 23.4 Å². The lowest BCUT2D eigenvalue weighted by molar-refractivity contribution is 0.0943. The van der Waals surface area contributed by atoms with E-state index in [1.165, 1.54) is 0 Å². The molecule has 4 nitrogen and oxygen atoms in total. The standard InChI is InChI=1S/C13H18N2O2S2/c1-18-11-5-4-10(8-14-11)12(16)15-9-13(19(2)17)6-3-7-13/h4-5,8H,3,6-7,9H2,1-2H3,(H,15,16)/t19-/m1/s1. The summed E-state index contributed by atoms with van der Waals surface area (Å²) in [6.07, 6.45) is 8.20. The molecule has 0 aromatic carbocycles. The summed E-state index contributed by atoms with van der Waals surface area (Å²) in [6.45, 7) is 0.485. The van der Waals surface area contributed by atoms with Crippen molar-refractivity contribution in [2.75, 3.05) is 19.1 Å². The van der Waals surface area contributed by atoms with E-state index in [0.717, 1.165) is 24.3 Å². The second-order valence-corrected chi connectivity index (χ2v) is 7.36. The molecule has 1 aliphatic carbocycles. The van der Waals surface area contributed by atoms with Crippen molar-refractivity contribution in [3.05, 3.63) is 23.9 Å². The van der Waals surface area contributed by atoms with Crippen molar-refractivity contribution in [3.63, 3.8) is 0 Å². The van der Waals surface area contributed by atoms with E-state index in [0.29, 0.717) is 12.1 Å². The number of hydrogen-bond donors (Lipinski definition) is 1. The quantitative estimate of drug-likeness (QED) is 0.843. The Bertz CT molecular complexity index is 484. The summed E-state index contributed by atoms with van der Waals surface area (Å²) in [5.41, 5.74) is 0.550. The molecule has 1 N–H and O–H groups in total. The molecule has 1 heterocycles. The molecular weight excluding hydrogens is 280 g/mol. The molecule has 2 rings (SSSR count). The summed E-state index contributed by atoms with van der Waals surface area (Å²) in [5, 5.41) is 3.77. The summed E-state index contributed by atoms with van der Waals surface area (Å²) in [7, 11) is -0.894. The Balaban J connectivity index is 1.95. The van der Waals surface area contributed by atoms with Gasteiger partial charge in [0.05, 0.1) is 15.3 Å². The number of rotatable bonds is 5. The molecular formula is C13H18N2O2S2. The van der Waals surface area contributed by atoms with Gasteiger partial charge in [0.1, 0.15) is 0 Å². The average Bonchev–Trinajstić information content (AvgIpc) is 2.37. The smallest absolute Gasteiger partial charge is 0.252 e. The highest BCUT2D eigenvalue weighted by Gasteiger charge is 2.41. The fourth-order valence-corrected chi connectivity index (χ4v) is 3.62. The highest BCUT2D eigenvalue weighted by atomic mass is 32.2. The first-order valence-electron chi connectivity index (χ1n) is 6.19. The second-order valence-electron chi connectivity index (χ2n) is 4.76. The zero-order valence-corrected chi connectivity index (χ0v) is 12.8. The number of carbonyl (C=O) groups is 1. The number of aromatic nitrogens is 1. The Morgan fingerprint density at radius 1 is 1.53 bits per heavy atom. The Morgan fingerprint density at radius 3 is 2.68 bits per heavy atom. The topological polar surface area (TPSA) is 59.1 Å². The zero-order valence-electron chi connectivity index (χ0n) is 11.1. The van der Waals surface area contributed by atoms with Gasteiger partial charge in [0, 0.05) is 29.8 Å². The van der Waals surface area contributed by atoms with Gasteiger partial charge in [0.15, 0.2) is 0 Å². The predicted molar refractivity (Wildman–Crippen MR) is 79.0 cm³/mol. The van der Waals surface area contributed by atoms with Crippen molar-refractivity contribution < 1.29 is 9.00 Å². The minimum atomic E-state index is -0.894. The van der Waals surface area contributed by atoms with Crippen LogP contribution in [-0.2, 0) is 10.8 Å². The van der Waals surface area contributed by atoms with Gasteiger partial charge in [0.25, 0.3) is 5.91 Å². The average molecular weight is 298 g/mol. The van der Waals surface area contributed by atoms with Crippen LogP contribution in [0.1, 0.15) is 29.6 Å². The van der Waals surface area contributed by atoms with Crippen molar-refractivity contribution in [1.29, 1.82) is 0 Å². The van der Waals surface area contributed by atoms with Crippen LogP contribution < -0.4 is 5.32 Å². The summed E-state index contributed by atoms with van der Waals surface area (Å²) in [6, 6.07) is 3.60. The molecule has 0 bridgehead atoms. The van der Waals surface area contributed by atoms with Crippen LogP contribution in [0.4, 0.5) is 0 Å². The van der Waals surface area contributed by atoms with Crippen LogP contribution in [0.2, 0.25) is 0 Å². The van der Waals surface area contributed by atoms with Crippen LogP contribution in [0.5, 0.6) is 0 Å². The minimum Gasteiger partial charge on any atom is -0.350 e. The lowest BCUT2D eigenvalue weighted by Gasteiger charge is -2.39. The summed E-state index contributed by atoms with van der Waals surface area (Å²) in [5.74, 6) is -0.142. The summed E-state index contributed by atoms with van der Waals surface area (Å²) in [4.78, 5) is 16.2. The van der Waals surface area contributed by atoms with Gasteiger partial charge < -0.3 is 5.32 Å². The maximum Gasteiger partial charge on any atom is 0.252 e. The van der Waals surface area contributed by atoms with Crippen LogP contribution >= 0.6 is 11.8 Å². The van der Waals surface area contributed by atoms with E-state index in [1.54, 1.807) is 30.3 Å². The Morgan fingerprint density at radius 2 is 2.26 bits per heavy atom. The first kappa shape index (κ1) is 14.5. The van der Waals surface area contributed by atoms with E-state index in [2.05, 4.69) is 10.3 Å². The first-order chi connectivity index (χ1) is 9.07. The van der Waals surface area contributed by atoms with E-state index in [9.17, 15) is 9.00 Å². The third-order valence-corrected chi connectivity index (χ3v) is 6.09. The summed E-state index contributed by atoms with van der Waals surface area (Å²) < 4.78 is 11.5. The van der Waals surface area contributed by atoms with E-state index < -0.39 is 10.8 Å². The minimum absolute atomic E-state index is 0.142. The lowest BCUT2D eigenvalue weighted by Crippen LogP contribution is -2.50. The molecule has 1 aromatic rings. The third-order valence-electron chi connectivity index (χ3n) is 3.65. The van der Waals surface area contributed by atoms with Crippen LogP contribution in [-0.4, -0.2) is 38.9 Å². The molecule has 1 fully saturated rings. The van der Waals surface area contributed by atoms with Crippen molar-refractivity contribution in [2.45, 2.75) is 29.0 Å². The van der Waals surface area contributed by atoms with Gasteiger partial charge in [-0.3, -0.25) is 9.00 Å². The maximum absolute atomic E-state index is 12.0. The van der Waals surface area contributed by atoms with Gasteiger partial charge in [-0.25, -0.2) is 4.98 Å². The van der Waals surface area contributed by atoms with Gasteiger partial charge in [0.2, 0.25) is 0 Å². The van der Waals surface area contributed by atoms with Gasteiger partial charge in [-0.1, -0.05) is 6.42 Å². The number of pyridine rings is 1. The number of amides is 1. The van der Waals surface area contributed by atoms with Crippen molar-refractivity contribution >= 4 is 28.5 Å². The molecule has 1 aromatic heterocycles. The largest absolute Gasteiger partial charge is 0.350 e. The molecule has 0 aliphatic heterocycles. The summed E-state index contributed by atoms with van der Waals surface area (Å²) >= 11 is 1.54. The molecule has 1 amide bonds. The molecule has 0 spiro atoms. The molecule has 19 heavy (non-hydrogen) atoms. The van der Waals surface area contributed by atoms with E-state index in [4.69, 9.17) is 0 Å². The fourth-order valence-electron chi connectivity index (χ4n) is 2.12. The lowest BCUT2D eigenvalue weighted by atomic mass is 9.84. The van der Waals surface area contributed by atoms with Gasteiger partial charge >= 0.3 is 0 Å². The number of nitrogens with zero attached hydrogens (tertiary/aromatic N) is 1. The predicted octanol–water partition coefficient (Wildman–Crippen LogP) is 1.83. The van der Waals surface area contributed by atoms with Crippen LogP contribution in [0, 0.1) is 0 Å². The molecule has 104 valence electrons. The molecule has 1 aliphatic rings. The fraction of sp³-hybridized carbons (Fsp3) is 0.538. The maximum atomic E-state index is 12.0. The highest BCUT2D eigenvalue weighted by molar-refractivity contribution is 7.98. The van der Waals surface area contributed by atoms with Gasteiger partial charge in [-0.2, -0.15) is 0 Å². The van der Waals surface area contributed by atoms with Gasteiger partial charge in [-0.05, 0) is 31.2 Å². The number of nitrogens with one attached hydrogen (secondary N) is 1. The second kappa shape index (κ2) is 6.05. The molecule has 1 atom stereocenters. The van der Waals surface area contributed by atoms with Crippen LogP contribution in [0.25, 0.3) is 0 Å². The zero-order chi connectivity index (χ0) is 13.9. The molecule has 1 saturated carbocycles. The normalized spacial score (nSPS) is 18.4. The Kier molecular flexibility index (Phi) is 4.62. The molecule has 0 radical (unpaired) electrons. The van der Waals surface area contributed by atoms with Crippen LogP contribution in [0.3, 0.4) is 0 Å². The van der Waals surface area contributed by atoms with E-state index in [1.807, 2.05) is 12.3 Å². The first-order valence-corrected chi connectivity index (χ1v) is 8.97. The molecule has 6 heteroatoms. The van der Waals surface area contributed by atoms with Crippen molar-refractivity contribution in [3.8, 4) is 0 Å². The van der Waals surface area contributed by atoms with Crippen molar-refractivity contribution in [1.82, 2.24) is 10.3 Å². The van der Waals surface area contributed by atoms with Gasteiger partial charge in [-0.15, -0.1) is 11.8 Å². The number of carbonyl (C=O) groups excluding carboxylic acids is 1. The van der Waals surface area contributed by atoms with Crippen molar-refractivity contribution in [2.24, 2.45) is 0 Å². The number of hydrogen-bond acceptors (Lipinski definition) is 4. The Labute approximate surface area is 120 Å². The molecule has 0 unspecified atom stereocenters. The SMILES string of the molecule is CSc1ccc(C(=O)NCC2([S@@](C)=O)CCC2)cn1. The highest BCUT2D eigenvalue weighted by Crippen LogP contribution is 2.36. The Hall–Kier alpha value is -0.880. The van der Waals surface area contributed by atoms with E-state index >= 15 is 0 Å². The third kappa shape index (κ3) is 3.17. The monoisotopic (exact) mass is 298 g/mol. The number of thioether (sulfide) groups is 1. The molecule has 0 saturated heterocycles.